The Bertz CT molecular complexity index is 393. The standard InChI is InChI=1S/C15H23NO3/c1-15(2,3)16-14(17)6-5-11-19-13-9-7-12(18-4)8-10-13/h7-10H,5-6,11H2,1-4H3,(H,16,17). The number of ether oxygens (including phenoxy) is 2. The molecular weight excluding hydrogens is 242 g/mol. The highest BCUT2D eigenvalue weighted by atomic mass is 16.5. The van der Waals surface area contributed by atoms with Gasteiger partial charge in [0.05, 0.1) is 13.7 Å². The molecule has 1 amide bonds. The van der Waals surface area contributed by atoms with E-state index in [1.165, 1.54) is 0 Å². The summed E-state index contributed by atoms with van der Waals surface area (Å²) in [6.45, 7) is 6.44. The second-order valence-corrected chi connectivity index (χ2v) is 5.43. The van der Waals surface area contributed by atoms with E-state index in [4.69, 9.17) is 9.47 Å². The third kappa shape index (κ3) is 6.70. The molecule has 0 saturated heterocycles. The summed E-state index contributed by atoms with van der Waals surface area (Å²) in [5.41, 5.74) is -0.173. The van der Waals surface area contributed by atoms with Crippen LogP contribution >= 0.6 is 0 Å². The second kappa shape index (κ2) is 7.02. The molecular formula is C15H23NO3. The van der Waals surface area contributed by atoms with Gasteiger partial charge in [-0.3, -0.25) is 4.79 Å². The lowest BCUT2D eigenvalue weighted by atomic mass is 10.1. The number of benzene rings is 1. The Balaban J connectivity index is 2.21. The topological polar surface area (TPSA) is 47.6 Å². The smallest absolute Gasteiger partial charge is 0.220 e. The summed E-state index contributed by atoms with van der Waals surface area (Å²) in [6.07, 6.45) is 1.18. The molecule has 0 aliphatic rings. The van der Waals surface area contributed by atoms with Gasteiger partial charge in [0.25, 0.3) is 0 Å². The summed E-state index contributed by atoms with van der Waals surface area (Å²) in [7, 11) is 1.63. The Hall–Kier alpha value is -1.71. The summed E-state index contributed by atoms with van der Waals surface area (Å²) >= 11 is 0. The maximum absolute atomic E-state index is 11.6. The Morgan fingerprint density at radius 3 is 2.26 bits per heavy atom. The zero-order chi connectivity index (χ0) is 14.3. The molecule has 0 aliphatic carbocycles. The minimum atomic E-state index is -0.173. The number of carbonyl (C=O) groups excluding carboxylic acids is 1. The molecule has 1 N–H and O–H groups in total. The highest BCUT2D eigenvalue weighted by Gasteiger charge is 2.12. The Labute approximate surface area is 115 Å². The number of amides is 1. The third-order valence-electron chi connectivity index (χ3n) is 2.39. The maximum atomic E-state index is 11.6. The fourth-order valence-corrected chi connectivity index (χ4v) is 1.58. The number of carbonyl (C=O) groups is 1. The van der Waals surface area contributed by atoms with E-state index in [2.05, 4.69) is 5.32 Å². The van der Waals surface area contributed by atoms with Gasteiger partial charge in [0.1, 0.15) is 11.5 Å². The normalized spacial score (nSPS) is 10.9. The van der Waals surface area contributed by atoms with Gasteiger partial charge in [-0.25, -0.2) is 0 Å². The van der Waals surface area contributed by atoms with Crippen molar-refractivity contribution in [2.24, 2.45) is 0 Å². The maximum Gasteiger partial charge on any atom is 0.220 e. The van der Waals surface area contributed by atoms with Crippen molar-refractivity contribution in [3.8, 4) is 11.5 Å². The third-order valence-corrected chi connectivity index (χ3v) is 2.39. The van der Waals surface area contributed by atoms with Crippen LogP contribution in [0.15, 0.2) is 24.3 Å². The average molecular weight is 265 g/mol. The first-order valence-corrected chi connectivity index (χ1v) is 6.48. The van der Waals surface area contributed by atoms with Crippen LogP contribution in [0, 0.1) is 0 Å². The summed E-state index contributed by atoms with van der Waals surface area (Å²) < 4.78 is 10.6. The van der Waals surface area contributed by atoms with Crippen LogP contribution in [-0.4, -0.2) is 25.2 Å². The van der Waals surface area contributed by atoms with E-state index in [0.717, 1.165) is 11.5 Å². The lowest BCUT2D eigenvalue weighted by Gasteiger charge is -2.20. The average Bonchev–Trinajstić information content (AvgIpc) is 2.33. The van der Waals surface area contributed by atoms with Gasteiger partial charge in [-0.1, -0.05) is 0 Å². The molecule has 1 aromatic rings. The van der Waals surface area contributed by atoms with Gasteiger partial charge >= 0.3 is 0 Å². The number of rotatable bonds is 6. The minimum Gasteiger partial charge on any atom is -0.497 e. The molecule has 4 heteroatoms. The molecule has 106 valence electrons. The van der Waals surface area contributed by atoms with Crippen LogP contribution in [0.25, 0.3) is 0 Å². The predicted octanol–water partition coefficient (Wildman–Crippen LogP) is 2.77. The number of hydrogen-bond acceptors (Lipinski definition) is 3. The first kappa shape index (κ1) is 15.3. The zero-order valence-corrected chi connectivity index (χ0v) is 12.2. The number of hydrogen-bond donors (Lipinski definition) is 1. The van der Waals surface area contributed by atoms with Crippen LogP contribution in [0.4, 0.5) is 0 Å². The molecule has 0 radical (unpaired) electrons. The Kier molecular flexibility index (Phi) is 5.67. The van der Waals surface area contributed by atoms with E-state index in [1.807, 2.05) is 45.0 Å². The van der Waals surface area contributed by atoms with Crippen LogP contribution in [-0.2, 0) is 4.79 Å². The van der Waals surface area contributed by atoms with Gasteiger partial charge in [-0.2, -0.15) is 0 Å². The highest BCUT2D eigenvalue weighted by Crippen LogP contribution is 2.17. The minimum absolute atomic E-state index is 0.0610. The van der Waals surface area contributed by atoms with Gasteiger partial charge in [0.2, 0.25) is 5.91 Å². The van der Waals surface area contributed by atoms with E-state index >= 15 is 0 Å². The first-order chi connectivity index (χ1) is 8.90. The van der Waals surface area contributed by atoms with E-state index < -0.39 is 0 Å². The highest BCUT2D eigenvalue weighted by molar-refractivity contribution is 5.76. The van der Waals surface area contributed by atoms with Crippen molar-refractivity contribution in [3.05, 3.63) is 24.3 Å². The van der Waals surface area contributed by atoms with Crippen LogP contribution in [0.3, 0.4) is 0 Å². The summed E-state index contributed by atoms with van der Waals surface area (Å²) in [5, 5.41) is 2.92. The van der Waals surface area contributed by atoms with Gasteiger partial charge in [-0.05, 0) is 51.5 Å². The van der Waals surface area contributed by atoms with Crippen molar-refractivity contribution in [1.29, 1.82) is 0 Å². The van der Waals surface area contributed by atoms with Gasteiger partial charge in [0.15, 0.2) is 0 Å². The number of methoxy groups -OCH3 is 1. The molecule has 0 saturated carbocycles. The van der Waals surface area contributed by atoms with Crippen molar-refractivity contribution in [1.82, 2.24) is 5.32 Å². The second-order valence-electron chi connectivity index (χ2n) is 5.43. The van der Waals surface area contributed by atoms with E-state index in [9.17, 15) is 4.79 Å². The predicted molar refractivity (Wildman–Crippen MR) is 75.6 cm³/mol. The SMILES string of the molecule is COc1ccc(OCCCC(=O)NC(C)(C)C)cc1. The van der Waals surface area contributed by atoms with Crippen LogP contribution in [0.1, 0.15) is 33.6 Å². The lowest BCUT2D eigenvalue weighted by molar-refractivity contribution is -0.122. The van der Waals surface area contributed by atoms with E-state index in [0.29, 0.717) is 19.4 Å². The van der Waals surface area contributed by atoms with Crippen molar-refractivity contribution >= 4 is 5.91 Å². The van der Waals surface area contributed by atoms with Gasteiger partial charge < -0.3 is 14.8 Å². The van der Waals surface area contributed by atoms with Crippen LogP contribution in [0.5, 0.6) is 11.5 Å². The van der Waals surface area contributed by atoms with E-state index in [1.54, 1.807) is 7.11 Å². The Morgan fingerprint density at radius 2 is 1.74 bits per heavy atom. The van der Waals surface area contributed by atoms with Crippen molar-refractivity contribution in [3.63, 3.8) is 0 Å². The summed E-state index contributed by atoms with van der Waals surface area (Å²) in [5.74, 6) is 1.65. The summed E-state index contributed by atoms with van der Waals surface area (Å²) in [6, 6.07) is 7.41. The molecule has 0 spiro atoms. The van der Waals surface area contributed by atoms with Crippen LogP contribution < -0.4 is 14.8 Å². The molecule has 19 heavy (non-hydrogen) atoms. The van der Waals surface area contributed by atoms with Crippen molar-refractivity contribution in [2.75, 3.05) is 13.7 Å². The quantitative estimate of drug-likeness (QED) is 0.805. The molecule has 0 bridgehead atoms. The molecule has 0 unspecified atom stereocenters. The Morgan fingerprint density at radius 1 is 1.16 bits per heavy atom. The molecule has 4 nitrogen and oxygen atoms in total. The molecule has 1 rings (SSSR count). The van der Waals surface area contributed by atoms with Gasteiger partial charge in [-0.15, -0.1) is 0 Å². The monoisotopic (exact) mass is 265 g/mol. The molecule has 0 fully saturated rings. The van der Waals surface area contributed by atoms with Crippen LogP contribution in [0.2, 0.25) is 0 Å². The van der Waals surface area contributed by atoms with Crippen molar-refractivity contribution < 1.29 is 14.3 Å². The molecule has 0 atom stereocenters. The molecule has 0 aromatic heterocycles. The first-order valence-electron chi connectivity index (χ1n) is 6.48. The van der Waals surface area contributed by atoms with Gasteiger partial charge in [0, 0.05) is 12.0 Å². The fourth-order valence-electron chi connectivity index (χ4n) is 1.58. The molecule has 0 heterocycles. The summed E-state index contributed by atoms with van der Waals surface area (Å²) in [4.78, 5) is 11.6. The largest absolute Gasteiger partial charge is 0.497 e. The fraction of sp³-hybridized carbons (Fsp3) is 0.533. The van der Waals surface area contributed by atoms with Crippen molar-refractivity contribution in [2.45, 2.75) is 39.2 Å². The zero-order valence-electron chi connectivity index (χ0n) is 12.2. The molecule has 0 aliphatic heterocycles. The van der Waals surface area contributed by atoms with E-state index in [-0.39, 0.29) is 11.4 Å². The molecule has 1 aromatic carbocycles. The number of nitrogens with one attached hydrogen (secondary N) is 1. The lowest BCUT2D eigenvalue weighted by Crippen LogP contribution is -2.40.